The SMILES string of the molecule is CN(C(=O)[C@@H]1CC[C@H](NC(=O)CCCCCC(C)(C)N)C1)c1ccc(-c2ccccc2)cc1. The molecule has 0 bridgehead atoms. The summed E-state index contributed by atoms with van der Waals surface area (Å²) in [6, 6.07) is 18.4. The lowest BCUT2D eigenvalue weighted by molar-refractivity contribution is -0.123. The van der Waals surface area contributed by atoms with E-state index in [0.29, 0.717) is 6.42 Å². The number of amides is 2. The van der Waals surface area contributed by atoms with Crippen LogP contribution in [0.5, 0.6) is 0 Å². The number of unbranched alkanes of at least 4 members (excludes halogenated alkanes) is 2. The van der Waals surface area contributed by atoms with Crippen LogP contribution in [-0.4, -0.2) is 30.4 Å². The first-order valence-corrected chi connectivity index (χ1v) is 12.2. The van der Waals surface area contributed by atoms with Crippen molar-refractivity contribution < 1.29 is 9.59 Å². The molecule has 2 amide bonds. The fraction of sp³-hybridized carbons (Fsp3) is 0.500. The van der Waals surface area contributed by atoms with Crippen molar-refractivity contribution in [1.82, 2.24) is 5.32 Å². The number of rotatable bonds is 10. The lowest BCUT2D eigenvalue weighted by Crippen LogP contribution is -2.35. The van der Waals surface area contributed by atoms with Crippen LogP contribution in [0.1, 0.15) is 65.2 Å². The van der Waals surface area contributed by atoms with E-state index in [2.05, 4.69) is 29.6 Å². The molecular weight excluding hydrogens is 410 g/mol. The molecule has 1 fully saturated rings. The van der Waals surface area contributed by atoms with Gasteiger partial charge < -0.3 is 16.0 Å². The second-order valence-electron chi connectivity index (χ2n) is 10.1. The van der Waals surface area contributed by atoms with Gasteiger partial charge in [0.2, 0.25) is 11.8 Å². The van der Waals surface area contributed by atoms with Crippen molar-refractivity contribution in [2.24, 2.45) is 11.7 Å². The van der Waals surface area contributed by atoms with Gasteiger partial charge in [-0.15, -0.1) is 0 Å². The molecule has 5 nitrogen and oxygen atoms in total. The third-order valence-corrected chi connectivity index (χ3v) is 6.56. The van der Waals surface area contributed by atoms with Gasteiger partial charge in [0.25, 0.3) is 0 Å². The van der Waals surface area contributed by atoms with Crippen molar-refractivity contribution in [3.63, 3.8) is 0 Å². The molecule has 3 N–H and O–H groups in total. The summed E-state index contributed by atoms with van der Waals surface area (Å²) in [7, 11) is 1.84. The molecular formula is C28H39N3O2. The molecule has 33 heavy (non-hydrogen) atoms. The van der Waals surface area contributed by atoms with Crippen LogP contribution < -0.4 is 16.0 Å². The third kappa shape index (κ3) is 7.71. The van der Waals surface area contributed by atoms with Gasteiger partial charge in [0.05, 0.1) is 0 Å². The Morgan fingerprint density at radius 2 is 1.64 bits per heavy atom. The zero-order valence-electron chi connectivity index (χ0n) is 20.3. The maximum atomic E-state index is 13.1. The predicted molar refractivity (Wildman–Crippen MR) is 136 cm³/mol. The van der Waals surface area contributed by atoms with E-state index in [1.54, 1.807) is 4.90 Å². The number of carbonyl (C=O) groups excluding carboxylic acids is 2. The molecule has 3 rings (SSSR count). The van der Waals surface area contributed by atoms with Gasteiger partial charge in [0.15, 0.2) is 0 Å². The van der Waals surface area contributed by atoms with Crippen molar-refractivity contribution >= 4 is 17.5 Å². The molecule has 2 aromatic carbocycles. The zero-order chi connectivity index (χ0) is 23.8. The molecule has 0 spiro atoms. The van der Waals surface area contributed by atoms with E-state index in [4.69, 9.17) is 5.73 Å². The van der Waals surface area contributed by atoms with Gasteiger partial charge in [-0.1, -0.05) is 55.3 Å². The normalized spacial score (nSPS) is 18.2. The first-order chi connectivity index (χ1) is 15.7. The highest BCUT2D eigenvalue weighted by molar-refractivity contribution is 5.95. The Kier molecular flexibility index (Phi) is 8.67. The third-order valence-electron chi connectivity index (χ3n) is 6.56. The molecule has 1 saturated carbocycles. The van der Waals surface area contributed by atoms with Crippen LogP contribution in [0.3, 0.4) is 0 Å². The summed E-state index contributed by atoms with van der Waals surface area (Å²) < 4.78 is 0. The molecule has 1 aliphatic rings. The largest absolute Gasteiger partial charge is 0.353 e. The van der Waals surface area contributed by atoms with E-state index < -0.39 is 0 Å². The Morgan fingerprint density at radius 3 is 2.30 bits per heavy atom. The average molecular weight is 450 g/mol. The minimum absolute atomic E-state index is 0.0408. The van der Waals surface area contributed by atoms with E-state index in [0.717, 1.165) is 61.8 Å². The summed E-state index contributed by atoms with van der Waals surface area (Å²) in [4.78, 5) is 27.1. The van der Waals surface area contributed by atoms with Crippen LogP contribution in [0.2, 0.25) is 0 Å². The molecule has 2 aromatic rings. The number of nitrogens with two attached hydrogens (primary N) is 1. The number of benzene rings is 2. The van der Waals surface area contributed by atoms with E-state index in [1.807, 2.05) is 51.2 Å². The quantitative estimate of drug-likeness (QED) is 0.484. The average Bonchev–Trinajstić information content (AvgIpc) is 3.26. The molecule has 0 aliphatic heterocycles. The Balaban J connectivity index is 1.43. The minimum Gasteiger partial charge on any atom is -0.353 e. The number of hydrogen-bond donors (Lipinski definition) is 2. The Hall–Kier alpha value is -2.66. The first-order valence-electron chi connectivity index (χ1n) is 12.2. The summed E-state index contributed by atoms with van der Waals surface area (Å²) in [5, 5.41) is 3.14. The molecule has 0 heterocycles. The molecule has 0 saturated heterocycles. The summed E-state index contributed by atoms with van der Waals surface area (Å²) in [5.74, 6) is 0.189. The van der Waals surface area contributed by atoms with Gasteiger partial charge in [-0.25, -0.2) is 0 Å². The van der Waals surface area contributed by atoms with Crippen LogP contribution in [0.15, 0.2) is 54.6 Å². The van der Waals surface area contributed by atoms with Crippen molar-refractivity contribution in [1.29, 1.82) is 0 Å². The van der Waals surface area contributed by atoms with Gasteiger partial charge in [-0.05, 0) is 69.2 Å². The molecule has 5 heteroatoms. The number of carbonyl (C=O) groups is 2. The lowest BCUT2D eigenvalue weighted by Gasteiger charge is -2.22. The maximum Gasteiger partial charge on any atom is 0.229 e. The van der Waals surface area contributed by atoms with Crippen molar-refractivity contribution in [3.05, 3.63) is 54.6 Å². The molecule has 178 valence electrons. The standard InChI is InChI=1S/C28H39N3O2/c1-28(2,29)19-9-5-8-12-26(32)30-24-16-13-23(20-24)27(33)31(3)25-17-14-22(15-18-25)21-10-6-4-7-11-21/h4,6-7,10-11,14-15,17-18,23-24H,5,8-9,12-13,16,19-20,29H2,1-3H3,(H,30,32)/t23-,24+/m1/s1. The van der Waals surface area contributed by atoms with Crippen LogP contribution in [0.25, 0.3) is 11.1 Å². The van der Waals surface area contributed by atoms with Gasteiger partial charge in [0, 0.05) is 36.7 Å². The monoisotopic (exact) mass is 449 g/mol. The smallest absolute Gasteiger partial charge is 0.229 e. The fourth-order valence-corrected chi connectivity index (χ4v) is 4.59. The highest BCUT2D eigenvalue weighted by Crippen LogP contribution is 2.30. The van der Waals surface area contributed by atoms with Crippen molar-refractivity contribution in [2.45, 2.75) is 76.8 Å². The van der Waals surface area contributed by atoms with Crippen LogP contribution >= 0.6 is 0 Å². The Labute approximate surface area is 198 Å². The number of nitrogens with one attached hydrogen (secondary N) is 1. The minimum atomic E-state index is -0.134. The zero-order valence-corrected chi connectivity index (χ0v) is 20.3. The number of anilines is 1. The van der Waals surface area contributed by atoms with E-state index in [9.17, 15) is 9.59 Å². The molecule has 0 unspecified atom stereocenters. The van der Waals surface area contributed by atoms with Crippen LogP contribution in [0.4, 0.5) is 5.69 Å². The molecule has 2 atom stereocenters. The summed E-state index contributed by atoms with van der Waals surface area (Å²) >= 11 is 0. The van der Waals surface area contributed by atoms with Gasteiger partial charge in [-0.3, -0.25) is 9.59 Å². The van der Waals surface area contributed by atoms with Crippen LogP contribution in [0, 0.1) is 5.92 Å². The number of hydrogen-bond acceptors (Lipinski definition) is 3. The van der Waals surface area contributed by atoms with Gasteiger partial charge in [0.1, 0.15) is 0 Å². The van der Waals surface area contributed by atoms with Crippen LogP contribution in [-0.2, 0) is 9.59 Å². The Bertz CT molecular complexity index is 903. The topological polar surface area (TPSA) is 75.4 Å². The van der Waals surface area contributed by atoms with E-state index >= 15 is 0 Å². The van der Waals surface area contributed by atoms with Gasteiger partial charge in [-0.2, -0.15) is 0 Å². The van der Waals surface area contributed by atoms with Crippen molar-refractivity contribution in [2.75, 3.05) is 11.9 Å². The first kappa shape index (κ1) is 25.0. The maximum absolute atomic E-state index is 13.1. The van der Waals surface area contributed by atoms with Gasteiger partial charge >= 0.3 is 0 Å². The predicted octanol–water partition coefficient (Wildman–Crippen LogP) is 5.29. The van der Waals surface area contributed by atoms with E-state index in [1.165, 1.54) is 0 Å². The second-order valence-corrected chi connectivity index (χ2v) is 10.1. The highest BCUT2D eigenvalue weighted by atomic mass is 16.2. The number of nitrogens with zero attached hydrogens (tertiary/aromatic N) is 1. The summed E-state index contributed by atoms with van der Waals surface area (Å²) in [6.07, 6.45) is 6.89. The molecule has 1 aliphatic carbocycles. The Morgan fingerprint density at radius 1 is 0.970 bits per heavy atom. The second kappa shape index (κ2) is 11.5. The fourth-order valence-electron chi connectivity index (χ4n) is 4.59. The highest BCUT2D eigenvalue weighted by Gasteiger charge is 2.32. The lowest BCUT2D eigenvalue weighted by atomic mass is 9.98. The summed E-state index contributed by atoms with van der Waals surface area (Å²) in [5.41, 5.74) is 9.06. The molecule has 0 radical (unpaired) electrons. The molecule has 0 aromatic heterocycles. The van der Waals surface area contributed by atoms with E-state index in [-0.39, 0.29) is 29.3 Å². The summed E-state index contributed by atoms with van der Waals surface area (Å²) in [6.45, 7) is 4.07. The van der Waals surface area contributed by atoms with Crippen molar-refractivity contribution in [3.8, 4) is 11.1 Å².